The van der Waals surface area contributed by atoms with Gasteiger partial charge in [0.1, 0.15) is 0 Å². The van der Waals surface area contributed by atoms with Crippen LogP contribution in [0.4, 0.5) is 10.2 Å². The van der Waals surface area contributed by atoms with Crippen molar-refractivity contribution in [2.75, 3.05) is 31.1 Å². The average molecular weight is 406 g/mol. The zero-order chi connectivity index (χ0) is 20.9. The molecule has 0 aliphatic carbocycles. The number of hydrogen-bond donors (Lipinski definition) is 0. The zero-order valence-corrected chi connectivity index (χ0v) is 16.7. The van der Waals surface area contributed by atoms with E-state index < -0.39 is 11.9 Å². The van der Waals surface area contributed by atoms with Crippen molar-refractivity contribution in [1.82, 2.24) is 15.1 Å². The first-order valence-corrected chi connectivity index (χ1v) is 9.96. The fourth-order valence-electron chi connectivity index (χ4n) is 3.45. The first-order valence-electron chi connectivity index (χ1n) is 9.96. The quantitative estimate of drug-likeness (QED) is 0.650. The van der Waals surface area contributed by atoms with Gasteiger partial charge in [-0.2, -0.15) is 0 Å². The summed E-state index contributed by atoms with van der Waals surface area (Å²) in [6, 6.07) is 19.9. The summed E-state index contributed by atoms with van der Waals surface area (Å²) in [4.78, 5) is 16.5. The number of hydrogen-bond acceptors (Lipinski definition) is 5. The third-order valence-electron chi connectivity index (χ3n) is 5.12. The number of amides is 1. The molecule has 1 aromatic heterocycles. The first-order chi connectivity index (χ1) is 14.6. The highest BCUT2D eigenvalue weighted by Gasteiger charge is 2.27. The number of anilines is 1. The lowest BCUT2D eigenvalue weighted by Crippen LogP contribution is -2.52. The summed E-state index contributed by atoms with van der Waals surface area (Å²) in [7, 11) is 0. The Hall–Kier alpha value is -3.48. The lowest BCUT2D eigenvalue weighted by molar-refractivity contribution is -0.138. The SMILES string of the molecule is CC(Oc1ccccc1F)C(=O)N1CCN(c2ccc(-c3ccccc3)nn2)CC1. The Morgan fingerprint density at radius 3 is 2.30 bits per heavy atom. The number of nitrogens with zero attached hydrogens (tertiary/aromatic N) is 4. The van der Waals surface area contributed by atoms with Gasteiger partial charge in [0.05, 0.1) is 5.69 Å². The predicted molar refractivity (Wildman–Crippen MR) is 113 cm³/mol. The average Bonchev–Trinajstić information content (AvgIpc) is 2.81. The van der Waals surface area contributed by atoms with Crippen molar-refractivity contribution in [1.29, 1.82) is 0 Å². The van der Waals surface area contributed by atoms with Gasteiger partial charge in [0.15, 0.2) is 23.5 Å². The Morgan fingerprint density at radius 2 is 1.63 bits per heavy atom. The molecule has 7 heteroatoms. The monoisotopic (exact) mass is 406 g/mol. The van der Waals surface area contributed by atoms with Crippen LogP contribution in [0, 0.1) is 5.82 Å². The van der Waals surface area contributed by atoms with Crippen LogP contribution in [0.2, 0.25) is 0 Å². The van der Waals surface area contributed by atoms with Crippen molar-refractivity contribution >= 4 is 11.7 Å². The van der Waals surface area contributed by atoms with Crippen molar-refractivity contribution in [3.05, 3.63) is 72.5 Å². The molecule has 1 atom stereocenters. The minimum atomic E-state index is -0.751. The van der Waals surface area contributed by atoms with Gasteiger partial charge in [0.25, 0.3) is 5.91 Å². The summed E-state index contributed by atoms with van der Waals surface area (Å²) in [5, 5.41) is 8.69. The fraction of sp³-hybridized carbons (Fsp3) is 0.261. The van der Waals surface area contributed by atoms with Gasteiger partial charge in [-0.15, -0.1) is 10.2 Å². The van der Waals surface area contributed by atoms with Crippen LogP contribution in [0.5, 0.6) is 5.75 Å². The number of aromatic nitrogens is 2. The lowest BCUT2D eigenvalue weighted by atomic mass is 10.1. The fourth-order valence-corrected chi connectivity index (χ4v) is 3.45. The molecule has 3 aromatic rings. The van der Waals surface area contributed by atoms with E-state index in [9.17, 15) is 9.18 Å². The summed E-state index contributed by atoms with van der Waals surface area (Å²) < 4.78 is 19.3. The molecule has 1 amide bonds. The Labute approximate surface area is 174 Å². The van der Waals surface area contributed by atoms with Gasteiger partial charge in [0, 0.05) is 31.7 Å². The molecular weight excluding hydrogens is 383 g/mol. The van der Waals surface area contributed by atoms with Crippen LogP contribution >= 0.6 is 0 Å². The normalized spacial score (nSPS) is 15.0. The van der Waals surface area contributed by atoms with Gasteiger partial charge in [-0.3, -0.25) is 4.79 Å². The van der Waals surface area contributed by atoms with Gasteiger partial charge in [-0.25, -0.2) is 4.39 Å². The van der Waals surface area contributed by atoms with Crippen LogP contribution in [0.1, 0.15) is 6.92 Å². The maximum Gasteiger partial charge on any atom is 0.263 e. The molecule has 4 rings (SSSR count). The molecule has 1 aliphatic rings. The minimum Gasteiger partial charge on any atom is -0.478 e. The van der Waals surface area contributed by atoms with Crippen molar-refractivity contribution in [2.24, 2.45) is 0 Å². The summed E-state index contributed by atoms with van der Waals surface area (Å²) in [6.07, 6.45) is -0.751. The number of piperazine rings is 1. The Kier molecular flexibility index (Phi) is 5.88. The molecule has 0 N–H and O–H groups in total. The van der Waals surface area contributed by atoms with Crippen molar-refractivity contribution in [3.63, 3.8) is 0 Å². The predicted octanol–water partition coefficient (Wildman–Crippen LogP) is 3.40. The van der Waals surface area contributed by atoms with Gasteiger partial charge in [-0.1, -0.05) is 42.5 Å². The standard InChI is InChI=1S/C23H23FN4O2/c1-17(30-21-10-6-5-9-19(21)24)23(29)28-15-13-27(14-16-28)22-12-11-20(25-26-22)18-7-3-2-4-8-18/h2-12,17H,13-16H2,1H3. The van der Waals surface area contributed by atoms with Gasteiger partial charge < -0.3 is 14.5 Å². The minimum absolute atomic E-state index is 0.0887. The summed E-state index contributed by atoms with van der Waals surface area (Å²) in [5.41, 5.74) is 1.85. The number of carbonyl (C=O) groups excluding carboxylic acids is 1. The van der Waals surface area contributed by atoms with Crippen LogP contribution in [-0.4, -0.2) is 53.3 Å². The van der Waals surface area contributed by atoms with Crippen LogP contribution in [0.3, 0.4) is 0 Å². The van der Waals surface area contributed by atoms with Crippen LogP contribution in [-0.2, 0) is 4.79 Å². The molecule has 1 unspecified atom stereocenters. The molecule has 2 heterocycles. The van der Waals surface area contributed by atoms with E-state index in [4.69, 9.17) is 4.74 Å². The molecule has 30 heavy (non-hydrogen) atoms. The Bertz CT molecular complexity index is 990. The number of benzene rings is 2. The molecular formula is C23H23FN4O2. The van der Waals surface area contributed by atoms with E-state index in [0.29, 0.717) is 26.2 Å². The van der Waals surface area contributed by atoms with E-state index >= 15 is 0 Å². The third kappa shape index (κ3) is 4.40. The zero-order valence-electron chi connectivity index (χ0n) is 16.7. The van der Waals surface area contributed by atoms with E-state index in [1.807, 2.05) is 42.5 Å². The molecule has 154 valence electrons. The molecule has 0 bridgehead atoms. The maximum atomic E-state index is 13.8. The number of para-hydroxylation sites is 1. The topological polar surface area (TPSA) is 58.6 Å². The number of carbonyl (C=O) groups is 1. The lowest BCUT2D eigenvalue weighted by Gasteiger charge is -2.36. The van der Waals surface area contributed by atoms with Crippen LogP contribution < -0.4 is 9.64 Å². The second-order valence-electron chi connectivity index (χ2n) is 7.15. The van der Waals surface area contributed by atoms with Crippen LogP contribution in [0.25, 0.3) is 11.3 Å². The van der Waals surface area contributed by atoms with E-state index in [0.717, 1.165) is 17.1 Å². The second-order valence-corrected chi connectivity index (χ2v) is 7.15. The second kappa shape index (κ2) is 8.90. The van der Waals surface area contributed by atoms with Crippen molar-refractivity contribution in [2.45, 2.75) is 13.0 Å². The summed E-state index contributed by atoms with van der Waals surface area (Å²) in [5.74, 6) is 0.256. The molecule has 6 nitrogen and oxygen atoms in total. The van der Waals surface area contributed by atoms with Crippen LogP contribution in [0.15, 0.2) is 66.7 Å². The largest absolute Gasteiger partial charge is 0.478 e. The van der Waals surface area contributed by atoms with Crippen molar-refractivity contribution in [3.8, 4) is 17.0 Å². The Balaban J connectivity index is 1.33. The maximum absolute atomic E-state index is 13.8. The number of ether oxygens (including phenoxy) is 1. The number of halogens is 1. The summed E-state index contributed by atoms with van der Waals surface area (Å²) >= 11 is 0. The molecule has 1 fully saturated rings. The molecule has 0 saturated carbocycles. The van der Waals surface area contributed by atoms with Gasteiger partial charge in [-0.05, 0) is 31.2 Å². The Morgan fingerprint density at radius 1 is 0.933 bits per heavy atom. The van der Waals surface area contributed by atoms with E-state index in [1.165, 1.54) is 12.1 Å². The van der Waals surface area contributed by atoms with Gasteiger partial charge in [0.2, 0.25) is 0 Å². The molecule has 2 aromatic carbocycles. The van der Waals surface area contributed by atoms with E-state index in [2.05, 4.69) is 15.1 Å². The van der Waals surface area contributed by atoms with Crippen molar-refractivity contribution < 1.29 is 13.9 Å². The highest BCUT2D eigenvalue weighted by atomic mass is 19.1. The summed E-state index contributed by atoms with van der Waals surface area (Å²) in [6.45, 7) is 4.04. The van der Waals surface area contributed by atoms with E-state index in [-0.39, 0.29) is 11.7 Å². The highest BCUT2D eigenvalue weighted by molar-refractivity contribution is 5.81. The first kappa shape index (κ1) is 19.8. The molecule has 1 saturated heterocycles. The van der Waals surface area contributed by atoms with Gasteiger partial charge >= 0.3 is 0 Å². The molecule has 1 aliphatic heterocycles. The molecule has 0 radical (unpaired) electrons. The van der Waals surface area contributed by atoms with E-state index in [1.54, 1.807) is 24.0 Å². The molecule has 0 spiro atoms. The highest BCUT2D eigenvalue weighted by Crippen LogP contribution is 2.20. The number of rotatable bonds is 5. The third-order valence-corrected chi connectivity index (χ3v) is 5.12. The smallest absolute Gasteiger partial charge is 0.263 e.